The van der Waals surface area contributed by atoms with Crippen LogP contribution in [0.1, 0.15) is 5.56 Å². The molecule has 0 aliphatic rings. The molecule has 28 heavy (non-hydrogen) atoms. The highest BCUT2D eigenvalue weighted by atomic mass is 79.9. The minimum atomic E-state index is -0.712. The van der Waals surface area contributed by atoms with Crippen molar-refractivity contribution in [2.45, 2.75) is 16.5 Å². The molecule has 0 aliphatic heterocycles. The SMILES string of the molecule is COOC(=O)Nc1ccccc1COc1nn(C)c(Sc2ccccc2)c1Br. The van der Waals surface area contributed by atoms with Gasteiger partial charge in [-0.25, -0.2) is 4.79 Å². The number of aromatic nitrogens is 2. The van der Waals surface area contributed by atoms with Crippen molar-refractivity contribution in [1.82, 2.24) is 9.78 Å². The molecule has 0 bridgehead atoms. The van der Waals surface area contributed by atoms with Gasteiger partial charge in [0.25, 0.3) is 0 Å². The number of hydrogen-bond donors (Lipinski definition) is 1. The highest BCUT2D eigenvalue weighted by molar-refractivity contribution is 9.10. The van der Waals surface area contributed by atoms with Crippen molar-refractivity contribution in [1.29, 1.82) is 0 Å². The van der Waals surface area contributed by atoms with Crippen LogP contribution in [0.2, 0.25) is 0 Å². The van der Waals surface area contributed by atoms with E-state index in [1.807, 2.05) is 49.5 Å². The minimum absolute atomic E-state index is 0.217. The molecule has 0 aliphatic carbocycles. The zero-order valence-electron chi connectivity index (χ0n) is 15.2. The number of aryl methyl sites for hydroxylation is 1. The summed E-state index contributed by atoms with van der Waals surface area (Å²) in [5.74, 6) is 0.468. The fourth-order valence-corrected chi connectivity index (χ4v) is 3.94. The van der Waals surface area contributed by atoms with Gasteiger partial charge in [0, 0.05) is 17.5 Å². The van der Waals surface area contributed by atoms with E-state index < -0.39 is 6.09 Å². The molecule has 146 valence electrons. The van der Waals surface area contributed by atoms with E-state index in [0.29, 0.717) is 11.6 Å². The summed E-state index contributed by atoms with van der Waals surface area (Å²) in [7, 11) is 3.12. The number of carbonyl (C=O) groups is 1. The fourth-order valence-electron chi connectivity index (χ4n) is 2.38. The first-order valence-corrected chi connectivity index (χ1v) is 9.87. The number of nitrogens with zero attached hydrogens (tertiary/aromatic N) is 2. The third-order valence-corrected chi connectivity index (χ3v) is 5.79. The van der Waals surface area contributed by atoms with Crippen LogP contribution >= 0.6 is 27.7 Å². The van der Waals surface area contributed by atoms with Crippen molar-refractivity contribution in [3.05, 3.63) is 64.6 Å². The van der Waals surface area contributed by atoms with E-state index in [9.17, 15) is 4.79 Å². The average molecular weight is 464 g/mol. The number of benzene rings is 2. The van der Waals surface area contributed by atoms with Gasteiger partial charge in [-0.1, -0.05) is 48.2 Å². The predicted octanol–water partition coefficient (Wildman–Crippen LogP) is 5.02. The highest BCUT2D eigenvalue weighted by Gasteiger charge is 2.17. The second kappa shape index (κ2) is 9.63. The second-order valence-corrected chi connectivity index (χ2v) is 7.43. The Hall–Kier alpha value is -2.49. The van der Waals surface area contributed by atoms with Crippen LogP contribution in [0.5, 0.6) is 5.88 Å². The molecule has 2 aromatic carbocycles. The van der Waals surface area contributed by atoms with E-state index >= 15 is 0 Å². The summed E-state index contributed by atoms with van der Waals surface area (Å²) in [6.45, 7) is 0.217. The van der Waals surface area contributed by atoms with Crippen LogP contribution in [-0.4, -0.2) is 23.0 Å². The van der Waals surface area contributed by atoms with Crippen molar-refractivity contribution in [3.63, 3.8) is 0 Å². The number of halogens is 1. The maximum absolute atomic E-state index is 11.6. The standard InChI is InChI=1S/C19H18BrN3O4S/c1-23-18(28-14-9-4-3-5-10-14)16(20)17(22-23)26-12-13-8-6-7-11-15(13)21-19(24)27-25-2/h3-11H,12H2,1-2H3,(H,21,24). The van der Waals surface area contributed by atoms with Crippen molar-refractivity contribution in [3.8, 4) is 5.88 Å². The van der Waals surface area contributed by atoms with E-state index in [2.05, 4.69) is 36.1 Å². The molecule has 1 N–H and O–H groups in total. The van der Waals surface area contributed by atoms with Gasteiger partial charge in [-0.05, 0) is 34.1 Å². The summed E-state index contributed by atoms with van der Waals surface area (Å²) >= 11 is 5.16. The number of nitrogens with one attached hydrogen (secondary N) is 1. The van der Waals surface area contributed by atoms with Crippen LogP contribution in [0.4, 0.5) is 10.5 Å². The average Bonchev–Trinajstić information content (AvgIpc) is 2.96. The molecule has 1 aromatic heterocycles. The van der Waals surface area contributed by atoms with Gasteiger partial charge in [-0.2, -0.15) is 4.89 Å². The number of rotatable bonds is 7. The summed E-state index contributed by atoms with van der Waals surface area (Å²) in [5, 5.41) is 7.97. The van der Waals surface area contributed by atoms with Gasteiger partial charge in [0.05, 0.1) is 12.8 Å². The fraction of sp³-hybridized carbons (Fsp3) is 0.158. The molecule has 9 heteroatoms. The van der Waals surface area contributed by atoms with Gasteiger partial charge >= 0.3 is 6.09 Å². The van der Waals surface area contributed by atoms with E-state index in [4.69, 9.17) is 4.74 Å². The first-order valence-electron chi connectivity index (χ1n) is 8.26. The molecule has 0 atom stereocenters. The van der Waals surface area contributed by atoms with Crippen LogP contribution in [0, 0.1) is 0 Å². The lowest BCUT2D eigenvalue weighted by molar-refractivity contribution is -0.208. The Balaban J connectivity index is 1.72. The number of ether oxygens (including phenoxy) is 1. The second-order valence-electron chi connectivity index (χ2n) is 5.57. The van der Waals surface area contributed by atoms with Crippen LogP contribution in [0.3, 0.4) is 0 Å². The largest absolute Gasteiger partial charge is 0.471 e. The molecule has 0 fully saturated rings. The Morgan fingerprint density at radius 3 is 2.64 bits per heavy atom. The Morgan fingerprint density at radius 2 is 1.89 bits per heavy atom. The van der Waals surface area contributed by atoms with Gasteiger partial charge in [-0.15, -0.1) is 5.10 Å². The third kappa shape index (κ3) is 5.06. The van der Waals surface area contributed by atoms with Crippen molar-refractivity contribution >= 4 is 39.5 Å². The quantitative estimate of drug-likeness (QED) is 0.391. The van der Waals surface area contributed by atoms with Crippen LogP contribution in [0.15, 0.2) is 69.0 Å². The van der Waals surface area contributed by atoms with Gasteiger partial charge in [0.15, 0.2) is 0 Å². The molecular weight excluding hydrogens is 446 g/mol. The number of para-hydroxylation sites is 1. The Kier molecular flexibility index (Phi) is 6.96. The van der Waals surface area contributed by atoms with E-state index in [-0.39, 0.29) is 6.61 Å². The van der Waals surface area contributed by atoms with Crippen LogP contribution in [-0.2, 0) is 23.4 Å². The van der Waals surface area contributed by atoms with E-state index in [0.717, 1.165) is 20.0 Å². The van der Waals surface area contributed by atoms with Crippen molar-refractivity contribution < 1.29 is 19.3 Å². The van der Waals surface area contributed by atoms with E-state index in [1.54, 1.807) is 28.6 Å². The number of carbonyl (C=O) groups excluding carboxylic acids is 1. The summed E-state index contributed by atoms with van der Waals surface area (Å²) in [6.07, 6.45) is -0.712. The van der Waals surface area contributed by atoms with Gasteiger partial charge in [0.1, 0.15) is 16.1 Å². The molecule has 0 saturated carbocycles. The minimum Gasteiger partial charge on any atom is -0.471 e. The van der Waals surface area contributed by atoms with E-state index in [1.165, 1.54) is 7.11 Å². The first-order chi connectivity index (χ1) is 13.6. The van der Waals surface area contributed by atoms with Crippen molar-refractivity contribution in [2.75, 3.05) is 12.4 Å². The lowest BCUT2D eigenvalue weighted by Crippen LogP contribution is -2.14. The molecule has 0 spiro atoms. The van der Waals surface area contributed by atoms with Gasteiger partial charge in [-0.3, -0.25) is 14.9 Å². The lowest BCUT2D eigenvalue weighted by Gasteiger charge is -2.10. The zero-order chi connectivity index (χ0) is 19.9. The monoisotopic (exact) mass is 463 g/mol. The number of amides is 1. The molecule has 1 heterocycles. The molecular formula is C19H18BrN3O4S. The maximum Gasteiger partial charge on any atom is 0.443 e. The lowest BCUT2D eigenvalue weighted by atomic mass is 10.2. The molecule has 0 radical (unpaired) electrons. The Morgan fingerprint density at radius 1 is 1.18 bits per heavy atom. The topological polar surface area (TPSA) is 74.6 Å². The summed E-state index contributed by atoms with van der Waals surface area (Å²) < 4.78 is 8.42. The summed E-state index contributed by atoms with van der Waals surface area (Å²) in [5.41, 5.74) is 1.33. The summed E-state index contributed by atoms with van der Waals surface area (Å²) in [4.78, 5) is 21.5. The molecule has 3 aromatic rings. The van der Waals surface area contributed by atoms with Crippen LogP contribution < -0.4 is 10.1 Å². The third-order valence-electron chi connectivity index (χ3n) is 3.65. The first kappa shape index (κ1) is 20.2. The number of anilines is 1. The molecule has 1 amide bonds. The molecule has 0 saturated heterocycles. The smallest absolute Gasteiger partial charge is 0.443 e. The molecule has 0 unspecified atom stereocenters. The highest BCUT2D eigenvalue weighted by Crippen LogP contribution is 2.38. The number of hydrogen-bond acceptors (Lipinski definition) is 6. The van der Waals surface area contributed by atoms with Crippen molar-refractivity contribution in [2.24, 2.45) is 7.05 Å². The molecule has 3 rings (SSSR count). The Bertz CT molecular complexity index is 950. The Labute approximate surface area is 175 Å². The zero-order valence-corrected chi connectivity index (χ0v) is 17.6. The van der Waals surface area contributed by atoms with Crippen LogP contribution in [0.25, 0.3) is 0 Å². The normalized spacial score (nSPS) is 10.5. The molecule has 7 nitrogen and oxygen atoms in total. The van der Waals surface area contributed by atoms with Gasteiger partial charge in [0.2, 0.25) is 5.88 Å². The van der Waals surface area contributed by atoms with Gasteiger partial charge < -0.3 is 4.74 Å². The summed E-state index contributed by atoms with van der Waals surface area (Å²) in [6, 6.07) is 17.3. The maximum atomic E-state index is 11.6. The predicted molar refractivity (Wildman–Crippen MR) is 109 cm³/mol.